The van der Waals surface area contributed by atoms with Crippen molar-refractivity contribution in [3.8, 4) is 0 Å². The standard InChI is InChI=1S/C30H60O3/c1-4-6-8-10-12-14-16-18-20-22-24-30(3,28-29(32)33-27-26-31)25-23-21-19-17-15-13-11-9-7-5-2/h31H,4-28H2,1-3H3. The van der Waals surface area contributed by atoms with Crippen molar-refractivity contribution in [2.75, 3.05) is 13.2 Å². The molecule has 0 fully saturated rings. The minimum Gasteiger partial charge on any atom is -0.463 e. The molecule has 0 spiro atoms. The second-order valence-corrected chi connectivity index (χ2v) is 10.8. The summed E-state index contributed by atoms with van der Waals surface area (Å²) in [6, 6.07) is 0. The summed E-state index contributed by atoms with van der Waals surface area (Å²) in [5, 5.41) is 8.95. The molecule has 0 radical (unpaired) electrons. The summed E-state index contributed by atoms with van der Waals surface area (Å²) >= 11 is 0. The minimum atomic E-state index is -0.134. The van der Waals surface area contributed by atoms with Gasteiger partial charge in [0.2, 0.25) is 0 Å². The van der Waals surface area contributed by atoms with Crippen LogP contribution in [0.15, 0.2) is 0 Å². The van der Waals surface area contributed by atoms with E-state index in [-0.39, 0.29) is 24.6 Å². The van der Waals surface area contributed by atoms with Gasteiger partial charge < -0.3 is 9.84 Å². The fraction of sp³-hybridized carbons (Fsp3) is 0.967. The van der Waals surface area contributed by atoms with E-state index in [1.807, 2.05) is 0 Å². The van der Waals surface area contributed by atoms with Crippen LogP contribution in [0.2, 0.25) is 0 Å². The van der Waals surface area contributed by atoms with Gasteiger partial charge in [-0.15, -0.1) is 0 Å². The number of hydrogen-bond donors (Lipinski definition) is 1. The number of aliphatic hydroxyl groups is 1. The van der Waals surface area contributed by atoms with Crippen LogP contribution in [-0.4, -0.2) is 24.3 Å². The zero-order chi connectivity index (χ0) is 24.5. The van der Waals surface area contributed by atoms with Crippen LogP contribution in [0.5, 0.6) is 0 Å². The molecule has 0 saturated heterocycles. The molecular formula is C30H60O3. The molecule has 0 bridgehead atoms. The van der Waals surface area contributed by atoms with E-state index in [1.54, 1.807) is 0 Å². The average Bonchev–Trinajstić information content (AvgIpc) is 2.80. The molecule has 33 heavy (non-hydrogen) atoms. The van der Waals surface area contributed by atoms with Gasteiger partial charge >= 0.3 is 5.97 Å². The molecule has 0 heterocycles. The summed E-state index contributed by atoms with van der Waals surface area (Å²) < 4.78 is 5.20. The Labute approximate surface area is 207 Å². The predicted octanol–water partition coefficient (Wildman–Crippen LogP) is 9.54. The Morgan fingerprint density at radius 3 is 1.27 bits per heavy atom. The van der Waals surface area contributed by atoms with E-state index in [0.717, 1.165) is 12.8 Å². The molecule has 3 nitrogen and oxygen atoms in total. The summed E-state index contributed by atoms with van der Waals surface area (Å²) in [7, 11) is 0. The Morgan fingerprint density at radius 2 is 0.939 bits per heavy atom. The normalized spacial score (nSPS) is 11.8. The second-order valence-electron chi connectivity index (χ2n) is 10.8. The number of carbonyl (C=O) groups excluding carboxylic acids is 1. The molecule has 0 unspecified atom stereocenters. The van der Waals surface area contributed by atoms with Crippen molar-refractivity contribution in [2.45, 2.75) is 168 Å². The first-order valence-corrected chi connectivity index (χ1v) is 14.8. The number of rotatable bonds is 26. The van der Waals surface area contributed by atoms with Gasteiger partial charge in [-0.3, -0.25) is 4.79 Å². The van der Waals surface area contributed by atoms with Gasteiger partial charge in [0.05, 0.1) is 13.0 Å². The third kappa shape index (κ3) is 23.0. The Morgan fingerprint density at radius 1 is 0.606 bits per heavy atom. The highest BCUT2D eigenvalue weighted by Crippen LogP contribution is 2.35. The molecule has 0 aliphatic heterocycles. The maximum atomic E-state index is 12.2. The lowest BCUT2D eigenvalue weighted by atomic mass is 9.77. The highest BCUT2D eigenvalue weighted by molar-refractivity contribution is 5.70. The van der Waals surface area contributed by atoms with Gasteiger partial charge in [-0.25, -0.2) is 0 Å². The van der Waals surface area contributed by atoms with E-state index in [2.05, 4.69) is 20.8 Å². The van der Waals surface area contributed by atoms with E-state index in [4.69, 9.17) is 9.84 Å². The molecule has 0 rings (SSSR count). The molecule has 3 heteroatoms. The summed E-state index contributed by atoms with van der Waals surface area (Å²) in [6.45, 7) is 6.88. The maximum absolute atomic E-state index is 12.2. The summed E-state index contributed by atoms with van der Waals surface area (Å²) in [5.41, 5.74) is 0.0485. The Balaban J connectivity index is 4.06. The average molecular weight is 469 g/mol. The van der Waals surface area contributed by atoms with Crippen molar-refractivity contribution in [1.29, 1.82) is 0 Å². The molecule has 0 atom stereocenters. The van der Waals surface area contributed by atoms with E-state index >= 15 is 0 Å². The molecule has 0 aromatic carbocycles. The van der Waals surface area contributed by atoms with Crippen LogP contribution in [0.3, 0.4) is 0 Å². The number of esters is 1. The number of ether oxygens (including phenoxy) is 1. The van der Waals surface area contributed by atoms with Crippen molar-refractivity contribution < 1.29 is 14.6 Å². The van der Waals surface area contributed by atoms with Gasteiger partial charge in [-0.2, -0.15) is 0 Å². The number of unbranched alkanes of at least 4 members (excludes halogenated alkanes) is 18. The van der Waals surface area contributed by atoms with Crippen LogP contribution < -0.4 is 0 Å². The fourth-order valence-corrected chi connectivity index (χ4v) is 4.94. The van der Waals surface area contributed by atoms with Gasteiger partial charge in [0.1, 0.15) is 6.61 Å². The Kier molecular flexibility index (Phi) is 24.1. The molecular weight excluding hydrogens is 408 g/mol. The molecule has 0 aliphatic carbocycles. The van der Waals surface area contributed by atoms with Crippen molar-refractivity contribution in [3.05, 3.63) is 0 Å². The van der Waals surface area contributed by atoms with E-state index in [9.17, 15) is 4.79 Å². The highest BCUT2D eigenvalue weighted by Gasteiger charge is 2.27. The third-order valence-electron chi connectivity index (χ3n) is 7.19. The molecule has 0 aliphatic rings. The van der Waals surface area contributed by atoms with Crippen molar-refractivity contribution in [1.82, 2.24) is 0 Å². The first kappa shape index (κ1) is 32.4. The van der Waals surface area contributed by atoms with E-state index in [0.29, 0.717) is 6.42 Å². The van der Waals surface area contributed by atoms with Crippen LogP contribution in [0.25, 0.3) is 0 Å². The zero-order valence-corrected chi connectivity index (χ0v) is 22.9. The molecule has 1 N–H and O–H groups in total. The number of aliphatic hydroxyl groups excluding tert-OH is 1. The predicted molar refractivity (Wildman–Crippen MR) is 144 cm³/mol. The fourth-order valence-electron chi connectivity index (χ4n) is 4.94. The molecule has 0 amide bonds. The first-order chi connectivity index (χ1) is 16.1. The van der Waals surface area contributed by atoms with Gasteiger partial charge in [0, 0.05) is 0 Å². The third-order valence-corrected chi connectivity index (χ3v) is 7.19. The minimum absolute atomic E-state index is 0.0485. The lowest BCUT2D eigenvalue weighted by Gasteiger charge is -2.29. The van der Waals surface area contributed by atoms with Crippen molar-refractivity contribution in [2.24, 2.45) is 5.41 Å². The second kappa shape index (κ2) is 24.6. The smallest absolute Gasteiger partial charge is 0.306 e. The van der Waals surface area contributed by atoms with Gasteiger partial charge in [0.15, 0.2) is 0 Å². The Hall–Kier alpha value is -0.570. The first-order valence-electron chi connectivity index (χ1n) is 14.8. The summed E-state index contributed by atoms with van der Waals surface area (Å²) in [6.07, 6.45) is 29.7. The molecule has 0 aromatic heterocycles. The van der Waals surface area contributed by atoms with E-state index in [1.165, 1.54) is 128 Å². The molecule has 0 saturated carbocycles. The molecule has 198 valence electrons. The van der Waals surface area contributed by atoms with Crippen LogP contribution >= 0.6 is 0 Å². The van der Waals surface area contributed by atoms with Gasteiger partial charge in [-0.1, -0.05) is 149 Å². The topological polar surface area (TPSA) is 46.5 Å². The zero-order valence-electron chi connectivity index (χ0n) is 22.9. The van der Waals surface area contributed by atoms with Crippen LogP contribution in [0.1, 0.15) is 168 Å². The number of carbonyl (C=O) groups is 1. The molecule has 0 aromatic rings. The van der Waals surface area contributed by atoms with E-state index < -0.39 is 0 Å². The lowest BCUT2D eigenvalue weighted by molar-refractivity contribution is -0.147. The van der Waals surface area contributed by atoms with Crippen LogP contribution in [0.4, 0.5) is 0 Å². The maximum Gasteiger partial charge on any atom is 0.306 e. The summed E-state index contributed by atoms with van der Waals surface area (Å²) in [5.74, 6) is -0.134. The highest BCUT2D eigenvalue weighted by atomic mass is 16.5. The SMILES string of the molecule is CCCCCCCCCCCCC(C)(CCCCCCCCCCCC)CC(=O)OCCO. The quantitative estimate of drug-likeness (QED) is 0.101. The number of hydrogen-bond acceptors (Lipinski definition) is 3. The van der Waals surface area contributed by atoms with Gasteiger partial charge in [-0.05, 0) is 18.3 Å². The lowest BCUT2D eigenvalue weighted by Crippen LogP contribution is -2.23. The van der Waals surface area contributed by atoms with Crippen LogP contribution in [0, 0.1) is 5.41 Å². The monoisotopic (exact) mass is 468 g/mol. The largest absolute Gasteiger partial charge is 0.463 e. The van der Waals surface area contributed by atoms with Gasteiger partial charge in [0.25, 0.3) is 0 Å². The Bertz CT molecular complexity index is 383. The summed E-state index contributed by atoms with van der Waals surface area (Å²) in [4.78, 5) is 12.2. The van der Waals surface area contributed by atoms with Crippen molar-refractivity contribution >= 4 is 5.97 Å². The van der Waals surface area contributed by atoms with Crippen LogP contribution in [-0.2, 0) is 9.53 Å². The van der Waals surface area contributed by atoms with Crippen molar-refractivity contribution in [3.63, 3.8) is 0 Å².